The molecule has 0 aromatic rings. The SMILES string of the molecule is CCNCC(C)CN1CC=CCC1. The second kappa shape index (κ2) is 6.17. The van der Waals surface area contributed by atoms with Gasteiger partial charge in [0.1, 0.15) is 0 Å². The second-order valence-corrected chi connectivity index (χ2v) is 3.93. The molecular formula is C11H22N2. The van der Waals surface area contributed by atoms with Crippen LogP contribution in [0.4, 0.5) is 0 Å². The quantitative estimate of drug-likeness (QED) is 0.648. The number of nitrogens with one attached hydrogen (secondary N) is 1. The Kier molecular flexibility index (Phi) is 5.09. The lowest BCUT2D eigenvalue weighted by Crippen LogP contribution is -2.35. The molecule has 1 rings (SSSR count). The van der Waals surface area contributed by atoms with Gasteiger partial charge in [-0.2, -0.15) is 0 Å². The summed E-state index contributed by atoms with van der Waals surface area (Å²) in [5, 5.41) is 3.39. The summed E-state index contributed by atoms with van der Waals surface area (Å²) in [7, 11) is 0. The largest absolute Gasteiger partial charge is 0.317 e. The van der Waals surface area contributed by atoms with E-state index < -0.39 is 0 Å². The van der Waals surface area contributed by atoms with Gasteiger partial charge in [-0.25, -0.2) is 0 Å². The third-order valence-corrected chi connectivity index (χ3v) is 2.45. The Bertz CT molecular complexity index is 154. The zero-order chi connectivity index (χ0) is 9.52. The molecule has 13 heavy (non-hydrogen) atoms. The summed E-state index contributed by atoms with van der Waals surface area (Å²) in [5.41, 5.74) is 0. The van der Waals surface area contributed by atoms with E-state index in [2.05, 4.69) is 36.2 Å². The van der Waals surface area contributed by atoms with E-state index >= 15 is 0 Å². The van der Waals surface area contributed by atoms with Crippen LogP contribution in [0.3, 0.4) is 0 Å². The van der Waals surface area contributed by atoms with Crippen molar-refractivity contribution in [3.05, 3.63) is 12.2 Å². The third kappa shape index (κ3) is 4.44. The predicted molar refractivity (Wildman–Crippen MR) is 57.9 cm³/mol. The number of hydrogen-bond acceptors (Lipinski definition) is 2. The number of hydrogen-bond donors (Lipinski definition) is 1. The second-order valence-electron chi connectivity index (χ2n) is 3.93. The molecule has 0 saturated heterocycles. The minimum Gasteiger partial charge on any atom is -0.317 e. The Labute approximate surface area is 82.0 Å². The van der Waals surface area contributed by atoms with Crippen molar-refractivity contribution in [2.75, 3.05) is 32.7 Å². The zero-order valence-electron chi connectivity index (χ0n) is 8.92. The van der Waals surface area contributed by atoms with Crippen molar-refractivity contribution >= 4 is 0 Å². The first kappa shape index (κ1) is 10.7. The number of nitrogens with zero attached hydrogens (tertiary/aromatic N) is 1. The van der Waals surface area contributed by atoms with Crippen LogP contribution >= 0.6 is 0 Å². The summed E-state index contributed by atoms with van der Waals surface area (Å²) in [6.07, 6.45) is 5.79. The van der Waals surface area contributed by atoms with Crippen LogP contribution in [0.2, 0.25) is 0 Å². The predicted octanol–water partition coefficient (Wildman–Crippen LogP) is 1.49. The van der Waals surface area contributed by atoms with E-state index in [1.807, 2.05) is 0 Å². The maximum atomic E-state index is 3.39. The fraction of sp³-hybridized carbons (Fsp3) is 0.818. The molecular weight excluding hydrogens is 160 g/mol. The minimum absolute atomic E-state index is 0.770. The molecule has 1 aliphatic rings. The van der Waals surface area contributed by atoms with Crippen molar-refractivity contribution in [1.82, 2.24) is 10.2 Å². The van der Waals surface area contributed by atoms with Gasteiger partial charge in [-0.3, -0.25) is 4.90 Å². The van der Waals surface area contributed by atoms with Crippen molar-refractivity contribution in [1.29, 1.82) is 0 Å². The molecule has 2 nitrogen and oxygen atoms in total. The Balaban J connectivity index is 2.11. The molecule has 1 unspecified atom stereocenters. The summed E-state index contributed by atoms with van der Waals surface area (Å²) < 4.78 is 0. The third-order valence-electron chi connectivity index (χ3n) is 2.45. The molecule has 1 atom stereocenters. The molecule has 1 aliphatic heterocycles. The van der Waals surface area contributed by atoms with Gasteiger partial charge in [0, 0.05) is 19.6 Å². The first-order valence-corrected chi connectivity index (χ1v) is 5.41. The Morgan fingerprint density at radius 3 is 2.92 bits per heavy atom. The molecule has 0 aromatic carbocycles. The van der Waals surface area contributed by atoms with Gasteiger partial charge >= 0.3 is 0 Å². The van der Waals surface area contributed by atoms with Crippen LogP contribution in [-0.2, 0) is 0 Å². The van der Waals surface area contributed by atoms with Crippen LogP contribution in [-0.4, -0.2) is 37.6 Å². The van der Waals surface area contributed by atoms with Crippen LogP contribution < -0.4 is 5.32 Å². The van der Waals surface area contributed by atoms with Gasteiger partial charge in [0.25, 0.3) is 0 Å². The zero-order valence-corrected chi connectivity index (χ0v) is 8.92. The molecule has 0 fully saturated rings. The van der Waals surface area contributed by atoms with E-state index in [9.17, 15) is 0 Å². The summed E-state index contributed by atoms with van der Waals surface area (Å²) in [6, 6.07) is 0. The van der Waals surface area contributed by atoms with Gasteiger partial charge in [0.05, 0.1) is 0 Å². The smallest absolute Gasteiger partial charge is 0.0163 e. The molecule has 0 spiro atoms. The van der Waals surface area contributed by atoms with Gasteiger partial charge < -0.3 is 5.32 Å². The van der Waals surface area contributed by atoms with E-state index in [-0.39, 0.29) is 0 Å². The van der Waals surface area contributed by atoms with Gasteiger partial charge in [-0.15, -0.1) is 0 Å². The van der Waals surface area contributed by atoms with Crippen LogP contribution in [0, 0.1) is 5.92 Å². The molecule has 0 saturated carbocycles. The van der Waals surface area contributed by atoms with Crippen molar-refractivity contribution in [2.45, 2.75) is 20.3 Å². The highest BCUT2D eigenvalue weighted by atomic mass is 15.1. The summed E-state index contributed by atoms with van der Waals surface area (Å²) in [6.45, 7) is 10.3. The molecule has 1 heterocycles. The molecule has 1 N–H and O–H groups in total. The first-order valence-electron chi connectivity index (χ1n) is 5.41. The highest BCUT2D eigenvalue weighted by Crippen LogP contribution is 2.04. The summed E-state index contributed by atoms with van der Waals surface area (Å²) >= 11 is 0. The molecule has 2 heteroatoms. The normalized spacial score (nSPS) is 20.5. The van der Waals surface area contributed by atoms with Gasteiger partial charge in [0.15, 0.2) is 0 Å². The fourth-order valence-corrected chi connectivity index (χ4v) is 1.75. The lowest BCUT2D eigenvalue weighted by molar-refractivity contribution is 0.254. The van der Waals surface area contributed by atoms with E-state index in [0.717, 1.165) is 25.6 Å². The van der Waals surface area contributed by atoms with E-state index in [1.165, 1.54) is 19.5 Å². The first-order chi connectivity index (χ1) is 6.33. The monoisotopic (exact) mass is 182 g/mol. The maximum absolute atomic E-state index is 3.39. The highest BCUT2D eigenvalue weighted by Gasteiger charge is 2.09. The molecule has 0 aliphatic carbocycles. The highest BCUT2D eigenvalue weighted by molar-refractivity contribution is 4.91. The van der Waals surface area contributed by atoms with Crippen LogP contribution in [0.25, 0.3) is 0 Å². The van der Waals surface area contributed by atoms with E-state index in [0.29, 0.717) is 0 Å². The molecule has 0 amide bonds. The van der Waals surface area contributed by atoms with Gasteiger partial charge in [-0.1, -0.05) is 26.0 Å². The lowest BCUT2D eigenvalue weighted by atomic mass is 10.1. The van der Waals surface area contributed by atoms with Crippen molar-refractivity contribution in [2.24, 2.45) is 5.92 Å². The van der Waals surface area contributed by atoms with Crippen molar-refractivity contribution in [3.63, 3.8) is 0 Å². The van der Waals surface area contributed by atoms with Crippen LogP contribution in [0.1, 0.15) is 20.3 Å². The molecule has 76 valence electrons. The standard InChI is InChI=1S/C11H22N2/c1-3-12-9-11(2)10-13-7-5-4-6-8-13/h4-5,11-12H,3,6-10H2,1-2H3. The molecule has 0 bridgehead atoms. The van der Waals surface area contributed by atoms with Crippen molar-refractivity contribution in [3.8, 4) is 0 Å². The average molecular weight is 182 g/mol. The van der Waals surface area contributed by atoms with Crippen LogP contribution in [0.5, 0.6) is 0 Å². The summed E-state index contributed by atoms with van der Waals surface area (Å²) in [5.74, 6) is 0.770. The minimum atomic E-state index is 0.770. The Hall–Kier alpha value is -0.340. The van der Waals surface area contributed by atoms with E-state index in [4.69, 9.17) is 0 Å². The summed E-state index contributed by atoms with van der Waals surface area (Å²) in [4.78, 5) is 2.53. The number of rotatable bonds is 5. The fourth-order valence-electron chi connectivity index (χ4n) is 1.75. The van der Waals surface area contributed by atoms with Crippen molar-refractivity contribution < 1.29 is 0 Å². The van der Waals surface area contributed by atoms with E-state index in [1.54, 1.807) is 0 Å². The van der Waals surface area contributed by atoms with Crippen LogP contribution in [0.15, 0.2) is 12.2 Å². The van der Waals surface area contributed by atoms with Gasteiger partial charge in [-0.05, 0) is 25.4 Å². The topological polar surface area (TPSA) is 15.3 Å². The lowest BCUT2D eigenvalue weighted by Gasteiger charge is -2.26. The molecule has 0 aromatic heterocycles. The Morgan fingerprint density at radius 2 is 2.31 bits per heavy atom. The molecule has 0 radical (unpaired) electrons. The Morgan fingerprint density at radius 1 is 1.46 bits per heavy atom. The van der Waals surface area contributed by atoms with Gasteiger partial charge in [0.2, 0.25) is 0 Å². The average Bonchev–Trinajstić information content (AvgIpc) is 2.16. The maximum Gasteiger partial charge on any atom is 0.0163 e.